The normalized spacial score (nSPS) is 10.3. The Balaban J connectivity index is 2.31. The highest BCUT2D eigenvalue weighted by molar-refractivity contribution is 5.35. The van der Waals surface area contributed by atoms with Crippen LogP contribution in [0, 0.1) is 13.8 Å². The first-order chi connectivity index (χ1) is 7.22. The average molecular weight is 209 g/mol. The van der Waals surface area contributed by atoms with Crippen LogP contribution >= 0.6 is 0 Å². The molecule has 0 aliphatic carbocycles. The highest BCUT2D eigenvalue weighted by Gasteiger charge is 1.97. The Morgan fingerprint density at radius 2 is 2.07 bits per heavy atom. The van der Waals surface area contributed by atoms with Crippen LogP contribution in [-0.4, -0.2) is 30.2 Å². The van der Waals surface area contributed by atoms with Crippen molar-refractivity contribution < 1.29 is 4.74 Å². The Kier molecular flexibility index (Phi) is 5.04. The van der Waals surface area contributed by atoms with Crippen LogP contribution in [0.1, 0.15) is 24.4 Å². The quantitative estimate of drug-likeness (QED) is 0.727. The van der Waals surface area contributed by atoms with E-state index in [1.165, 1.54) is 0 Å². The number of aromatic nitrogens is 2. The van der Waals surface area contributed by atoms with Crippen molar-refractivity contribution >= 4 is 5.82 Å². The van der Waals surface area contributed by atoms with Gasteiger partial charge in [-0.05, 0) is 26.7 Å². The van der Waals surface area contributed by atoms with Gasteiger partial charge in [0.05, 0.1) is 0 Å². The molecule has 0 unspecified atom stereocenters. The van der Waals surface area contributed by atoms with Crippen LogP contribution < -0.4 is 5.32 Å². The molecule has 4 heteroatoms. The van der Waals surface area contributed by atoms with E-state index in [1.54, 1.807) is 7.11 Å². The molecule has 0 saturated carbocycles. The first kappa shape index (κ1) is 11.9. The van der Waals surface area contributed by atoms with Gasteiger partial charge in [-0.2, -0.15) is 0 Å². The number of methoxy groups -OCH3 is 1. The molecule has 1 N–H and O–H groups in total. The first-order valence-corrected chi connectivity index (χ1v) is 5.27. The Morgan fingerprint density at radius 1 is 1.27 bits per heavy atom. The molecule has 0 spiro atoms. The van der Waals surface area contributed by atoms with Gasteiger partial charge >= 0.3 is 0 Å². The topological polar surface area (TPSA) is 47.0 Å². The molecule has 0 fully saturated rings. The van der Waals surface area contributed by atoms with Crippen LogP contribution in [0.2, 0.25) is 0 Å². The molecule has 15 heavy (non-hydrogen) atoms. The lowest BCUT2D eigenvalue weighted by molar-refractivity contribution is 0.194. The van der Waals surface area contributed by atoms with Gasteiger partial charge in [0.1, 0.15) is 11.6 Å². The first-order valence-electron chi connectivity index (χ1n) is 5.27. The Morgan fingerprint density at radius 3 is 2.73 bits per heavy atom. The van der Waals surface area contributed by atoms with Crippen molar-refractivity contribution in [2.45, 2.75) is 26.7 Å². The largest absolute Gasteiger partial charge is 0.385 e. The molecule has 0 atom stereocenters. The third-order valence-electron chi connectivity index (χ3n) is 2.05. The van der Waals surface area contributed by atoms with Gasteiger partial charge in [-0.25, -0.2) is 9.97 Å². The van der Waals surface area contributed by atoms with Crippen LogP contribution in [-0.2, 0) is 4.74 Å². The number of nitrogens with zero attached hydrogens (tertiary/aromatic N) is 2. The number of rotatable bonds is 6. The zero-order chi connectivity index (χ0) is 11.1. The van der Waals surface area contributed by atoms with Gasteiger partial charge < -0.3 is 10.1 Å². The summed E-state index contributed by atoms with van der Waals surface area (Å²) in [6, 6.07) is 1.96. The van der Waals surface area contributed by atoms with E-state index in [0.29, 0.717) is 0 Å². The summed E-state index contributed by atoms with van der Waals surface area (Å²) < 4.78 is 4.98. The number of anilines is 1. The predicted molar refractivity (Wildman–Crippen MR) is 61.1 cm³/mol. The minimum Gasteiger partial charge on any atom is -0.385 e. The molecular formula is C11H19N3O. The molecule has 84 valence electrons. The fraction of sp³-hybridized carbons (Fsp3) is 0.636. The maximum atomic E-state index is 4.98. The predicted octanol–water partition coefficient (Wildman–Crippen LogP) is 1.93. The molecule has 1 heterocycles. The van der Waals surface area contributed by atoms with Gasteiger partial charge in [0, 0.05) is 32.0 Å². The summed E-state index contributed by atoms with van der Waals surface area (Å²) in [7, 11) is 1.73. The maximum Gasteiger partial charge on any atom is 0.129 e. The second kappa shape index (κ2) is 6.35. The standard InChI is InChI=1S/C11H19N3O/c1-9-8-11(14-10(2)13-9)12-6-4-5-7-15-3/h8H,4-7H2,1-3H3,(H,12,13,14). The van der Waals surface area contributed by atoms with Gasteiger partial charge in [-0.3, -0.25) is 0 Å². The number of ether oxygens (including phenoxy) is 1. The van der Waals surface area contributed by atoms with Crippen molar-refractivity contribution in [3.63, 3.8) is 0 Å². The Hall–Kier alpha value is -1.16. The van der Waals surface area contributed by atoms with Gasteiger partial charge in [-0.15, -0.1) is 0 Å². The van der Waals surface area contributed by atoms with Gasteiger partial charge in [0.15, 0.2) is 0 Å². The summed E-state index contributed by atoms with van der Waals surface area (Å²) in [6.07, 6.45) is 2.17. The highest BCUT2D eigenvalue weighted by Crippen LogP contribution is 2.05. The lowest BCUT2D eigenvalue weighted by atomic mass is 10.3. The zero-order valence-electron chi connectivity index (χ0n) is 9.71. The number of nitrogens with one attached hydrogen (secondary N) is 1. The molecule has 1 rings (SSSR count). The monoisotopic (exact) mass is 209 g/mol. The van der Waals surface area contributed by atoms with Crippen molar-refractivity contribution in [3.05, 3.63) is 17.6 Å². The minimum atomic E-state index is 0.814. The van der Waals surface area contributed by atoms with Crippen molar-refractivity contribution in [1.29, 1.82) is 0 Å². The molecule has 0 aliphatic rings. The summed E-state index contributed by atoms with van der Waals surface area (Å²) in [6.45, 7) is 5.64. The average Bonchev–Trinajstić information content (AvgIpc) is 2.16. The van der Waals surface area contributed by atoms with E-state index in [0.717, 1.165) is 43.3 Å². The van der Waals surface area contributed by atoms with E-state index < -0.39 is 0 Å². The number of hydrogen-bond donors (Lipinski definition) is 1. The number of hydrogen-bond acceptors (Lipinski definition) is 4. The van der Waals surface area contributed by atoms with Crippen LogP contribution in [0.5, 0.6) is 0 Å². The third-order valence-corrected chi connectivity index (χ3v) is 2.05. The molecule has 0 aromatic carbocycles. The smallest absolute Gasteiger partial charge is 0.129 e. The fourth-order valence-electron chi connectivity index (χ4n) is 1.40. The molecule has 0 saturated heterocycles. The SMILES string of the molecule is COCCCCNc1cc(C)nc(C)n1. The highest BCUT2D eigenvalue weighted by atomic mass is 16.5. The lowest BCUT2D eigenvalue weighted by Crippen LogP contribution is -2.06. The number of aryl methyl sites for hydroxylation is 2. The molecule has 0 amide bonds. The van der Waals surface area contributed by atoms with Crippen LogP contribution in [0.4, 0.5) is 5.82 Å². The summed E-state index contributed by atoms with van der Waals surface area (Å²) in [5.41, 5.74) is 1.00. The summed E-state index contributed by atoms with van der Waals surface area (Å²) >= 11 is 0. The Bertz CT molecular complexity index is 282. The van der Waals surface area contributed by atoms with E-state index in [-0.39, 0.29) is 0 Å². The second-order valence-corrected chi connectivity index (χ2v) is 3.57. The van der Waals surface area contributed by atoms with Crippen LogP contribution in [0.3, 0.4) is 0 Å². The second-order valence-electron chi connectivity index (χ2n) is 3.57. The molecular weight excluding hydrogens is 190 g/mol. The molecule has 4 nitrogen and oxygen atoms in total. The molecule has 0 bridgehead atoms. The van der Waals surface area contributed by atoms with E-state index in [2.05, 4.69) is 15.3 Å². The van der Waals surface area contributed by atoms with E-state index in [1.807, 2.05) is 19.9 Å². The molecule has 1 aromatic heterocycles. The van der Waals surface area contributed by atoms with Gasteiger partial charge in [0.2, 0.25) is 0 Å². The summed E-state index contributed by atoms with van der Waals surface area (Å²) in [5.74, 6) is 1.73. The fourth-order valence-corrected chi connectivity index (χ4v) is 1.40. The van der Waals surface area contributed by atoms with Crippen molar-refractivity contribution in [2.75, 3.05) is 25.6 Å². The zero-order valence-corrected chi connectivity index (χ0v) is 9.71. The minimum absolute atomic E-state index is 0.814. The summed E-state index contributed by atoms with van der Waals surface area (Å²) in [5, 5.41) is 3.28. The van der Waals surface area contributed by atoms with Gasteiger partial charge in [-0.1, -0.05) is 0 Å². The van der Waals surface area contributed by atoms with E-state index in [4.69, 9.17) is 4.74 Å². The maximum absolute atomic E-state index is 4.98. The van der Waals surface area contributed by atoms with Crippen LogP contribution in [0.15, 0.2) is 6.07 Å². The number of unbranched alkanes of at least 4 members (excludes halogenated alkanes) is 1. The van der Waals surface area contributed by atoms with Crippen molar-refractivity contribution in [2.24, 2.45) is 0 Å². The third kappa shape index (κ3) is 4.74. The van der Waals surface area contributed by atoms with Crippen molar-refractivity contribution in [3.8, 4) is 0 Å². The molecule has 0 radical (unpaired) electrons. The Labute approximate surface area is 91.1 Å². The van der Waals surface area contributed by atoms with Gasteiger partial charge in [0.25, 0.3) is 0 Å². The lowest BCUT2D eigenvalue weighted by Gasteiger charge is -2.06. The van der Waals surface area contributed by atoms with Crippen LogP contribution in [0.25, 0.3) is 0 Å². The summed E-state index contributed by atoms with van der Waals surface area (Å²) in [4.78, 5) is 8.52. The van der Waals surface area contributed by atoms with E-state index >= 15 is 0 Å². The molecule has 0 aliphatic heterocycles. The van der Waals surface area contributed by atoms with E-state index in [9.17, 15) is 0 Å². The van der Waals surface area contributed by atoms with Crippen molar-refractivity contribution in [1.82, 2.24) is 9.97 Å². The molecule has 1 aromatic rings.